The molecule has 1 unspecified atom stereocenters. The number of pyridine rings is 1. The van der Waals surface area contributed by atoms with Crippen molar-refractivity contribution in [3.63, 3.8) is 0 Å². The molecule has 3 nitrogen and oxygen atoms in total. The van der Waals surface area contributed by atoms with E-state index in [9.17, 15) is 0 Å². The van der Waals surface area contributed by atoms with Crippen molar-refractivity contribution in [3.8, 4) is 0 Å². The fraction of sp³-hybridized carbons (Fsp3) is 0.545. The van der Waals surface area contributed by atoms with Crippen LogP contribution in [0, 0.1) is 0 Å². The van der Waals surface area contributed by atoms with Crippen LogP contribution in [0.5, 0.6) is 0 Å². The van der Waals surface area contributed by atoms with Crippen LogP contribution in [0.2, 0.25) is 5.02 Å². The van der Waals surface area contributed by atoms with Crippen molar-refractivity contribution in [2.45, 2.75) is 19.4 Å². The van der Waals surface area contributed by atoms with E-state index in [1.165, 1.54) is 0 Å². The summed E-state index contributed by atoms with van der Waals surface area (Å²) >= 11 is 9.57. The maximum absolute atomic E-state index is 6.21. The summed E-state index contributed by atoms with van der Waals surface area (Å²) < 4.78 is 6.37. The van der Waals surface area contributed by atoms with Crippen LogP contribution in [0.25, 0.3) is 0 Å². The second kappa shape index (κ2) is 5.34. The minimum absolute atomic E-state index is 0.375. The molecule has 0 amide bonds. The van der Waals surface area contributed by atoms with Gasteiger partial charge in [0.1, 0.15) is 5.82 Å². The first-order chi connectivity index (χ1) is 7.72. The Morgan fingerprint density at radius 1 is 1.69 bits per heavy atom. The van der Waals surface area contributed by atoms with Crippen LogP contribution in [-0.4, -0.2) is 30.8 Å². The van der Waals surface area contributed by atoms with Crippen LogP contribution in [0.15, 0.2) is 16.7 Å². The topological polar surface area (TPSA) is 25.4 Å². The number of anilines is 1. The number of rotatable bonds is 2. The highest BCUT2D eigenvalue weighted by molar-refractivity contribution is 9.10. The van der Waals surface area contributed by atoms with Crippen LogP contribution in [0.3, 0.4) is 0 Å². The number of ether oxygens (including phenoxy) is 1. The molecule has 1 saturated heterocycles. The molecule has 1 aromatic heterocycles. The maximum atomic E-state index is 6.21. The number of aromatic nitrogens is 1. The van der Waals surface area contributed by atoms with Gasteiger partial charge in [-0.1, -0.05) is 18.5 Å². The van der Waals surface area contributed by atoms with E-state index in [0.717, 1.165) is 36.5 Å². The van der Waals surface area contributed by atoms with Gasteiger partial charge in [0.05, 0.1) is 24.3 Å². The summed E-state index contributed by atoms with van der Waals surface area (Å²) in [6.45, 7) is 4.50. The number of hydrogen-bond acceptors (Lipinski definition) is 3. The number of morpholine rings is 1. The lowest BCUT2D eigenvalue weighted by Crippen LogP contribution is -2.45. The smallest absolute Gasteiger partial charge is 0.147 e. The molecular weight excluding hydrogens is 291 g/mol. The zero-order valence-electron chi connectivity index (χ0n) is 9.12. The van der Waals surface area contributed by atoms with Crippen molar-refractivity contribution < 1.29 is 4.74 Å². The molecule has 0 N–H and O–H groups in total. The summed E-state index contributed by atoms with van der Waals surface area (Å²) in [7, 11) is 0. The second-order valence-corrected chi connectivity index (χ2v) is 5.11. The largest absolute Gasteiger partial charge is 0.377 e. The molecule has 2 heterocycles. The van der Waals surface area contributed by atoms with Crippen LogP contribution < -0.4 is 4.90 Å². The van der Waals surface area contributed by atoms with Gasteiger partial charge in [0, 0.05) is 17.2 Å². The second-order valence-electron chi connectivity index (χ2n) is 3.79. The molecule has 0 bridgehead atoms. The minimum atomic E-state index is 0.375. The van der Waals surface area contributed by atoms with Crippen molar-refractivity contribution >= 4 is 33.3 Å². The normalized spacial score (nSPS) is 21.2. The Morgan fingerprint density at radius 2 is 2.50 bits per heavy atom. The Kier molecular flexibility index (Phi) is 4.05. The molecular formula is C11H14BrClN2O. The van der Waals surface area contributed by atoms with Gasteiger partial charge in [-0.05, 0) is 28.4 Å². The summed E-state index contributed by atoms with van der Waals surface area (Å²) in [4.78, 5) is 6.63. The Balaban J connectivity index is 2.27. The molecule has 0 saturated carbocycles. The first-order valence-corrected chi connectivity index (χ1v) is 6.55. The van der Waals surface area contributed by atoms with Gasteiger partial charge >= 0.3 is 0 Å². The first-order valence-electron chi connectivity index (χ1n) is 5.37. The predicted molar refractivity (Wildman–Crippen MR) is 69.2 cm³/mol. The highest BCUT2D eigenvalue weighted by Crippen LogP contribution is 2.29. The van der Waals surface area contributed by atoms with Crippen LogP contribution in [-0.2, 0) is 4.74 Å². The molecule has 0 radical (unpaired) electrons. The van der Waals surface area contributed by atoms with Gasteiger partial charge in [-0.25, -0.2) is 4.98 Å². The van der Waals surface area contributed by atoms with Crippen LogP contribution >= 0.6 is 27.5 Å². The zero-order chi connectivity index (χ0) is 11.5. The van der Waals surface area contributed by atoms with Crippen molar-refractivity contribution in [1.82, 2.24) is 4.98 Å². The van der Waals surface area contributed by atoms with Gasteiger partial charge in [0.25, 0.3) is 0 Å². The van der Waals surface area contributed by atoms with Gasteiger partial charge < -0.3 is 9.64 Å². The average Bonchev–Trinajstić information content (AvgIpc) is 2.29. The van der Waals surface area contributed by atoms with E-state index in [0.29, 0.717) is 11.1 Å². The Hall–Kier alpha value is -0.320. The van der Waals surface area contributed by atoms with Crippen molar-refractivity contribution in [2.75, 3.05) is 24.7 Å². The Bertz CT molecular complexity index is 375. The monoisotopic (exact) mass is 304 g/mol. The fourth-order valence-electron chi connectivity index (χ4n) is 1.89. The summed E-state index contributed by atoms with van der Waals surface area (Å²) in [5, 5.41) is 0.690. The zero-order valence-corrected chi connectivity index (χ0v) is 11.5. The lowest BCUT2D eigenvalue weighted by Gasteiger charge is -2.36. The van der Waals surface area contributed by atoms with Crippen molar-refractivity contribution in [3.05, 3.63) is 21.8 Å². The predicted octanol–water partition coefficient (Wildman–Crippen LogP) is 3.11. The number of hydrogen-bond donors (Lipinski definition) is 0. The maximum Gasteiger partial charge on any atom is 0.147 e. The van der Waals surface area contributed by atoms with Gasteiger partial charge in [-0.15, -0.1) is 0 Å². The Labute approximate surface area is 109 Å². The standard InChI is InChI=1S/C11H14BrClN2O/c1-2-9-7-16-4-3-15(9)11-10(13)5-8(12)6-14-11/h5-6,9H,2-4,7H2,1H3. The van der Waals surface area contributed by atoms with Gasteiger partial charge in [0.15, 0.2) is 0 Å². The summed E-state index contributed by atoms with van der Waals surface area (Å²) in [6.07, 6.45) is 2.82. The average molecular weight is 306 g/mol. The third-order valence-corrected chi connectivity index (χ3v) is 3.47. The molecule has 0 aromatic carbocycles. The third-order valence-electron chi connectivity index (χ3n) is 2.76. The van der Waals surface area contributed by atoms with E-state index in [4.69, 9.17) is 16.3 Å². The van der Waals surface area contributed by atoms with Gasteiger partial charge in [-0.3, -0.25) is 0 Å². The van der Waals surface area contributed by atoms with E-state index in [1.807, 2.05) is 6.07 Å². The molecule has 1 aliphatic rings. The van der Waals surface area contributed by atoms with Crippen LogP contribution in [0.1, 0.15) is 13.3 Å². The molecule has 1 aliphatic heterocycles. The fourth-order valence-corrected chi connectivity index (χ4v) is 2.63. The number of halogens is 2. The summed E-state index contributed by atoms with van der Waals surface area (Å²) in [5.74, 6) is 0.861. The highest BCUT2D eigenvalue weighted by atomic mass is 79.9. The molecule has 1 aromatic rings. The summed E-state index contributed by atoms with van der Waals surface area (Å²) in [6, 6.07) is 2.26. The molecule has 1 fully saturated rings. The van der Waals surface area contributed by atoms with E-state index >= 15 is 0 Å². The van der Waals surface area contributed by atoms with Gasteiger partial charge in [-0.2, -0.15) is 0 Å². The Morgan fingerprint density at radius 3 is 3.19 bits per heavy atom. The van der Waals surface area contributed by atoms with E-state index in [2.05, 4.69) is 32.7 Å². The first kappa shape index (κ1) is 12.1. The molecule has 0 spiro atoms. The molecule has 16 heavy (non-hydrogen) atoms. The van der Waals surface area contributed by atoms with E-state index < -0.39 is 0 Å². The van der Waals surface area contributed by atoms with Crippen molar-refractivity contribution in [2.24, 2.45) is 0 Å². The van der Waals surface area contributed by atoms with E-state index in [-0.39, 0.29) is 0 Å². The highest BCUT2D eigenvalue weighted by Gasteiger charge is 2.24. The molecule has 1 atom stereocenters. The summed E-state index contributed by atoms with van der Waals surface area (Å²) in [5.41, 5.74) is 0. The van der Waals surface area contributed by atoms with Crippen molar-refractivity contribution in [1.29, 1.82) is 0 Å². The quantitative estimate of drug-likeness (QED) is 0.839. The molecule has 5 heteroatoms. The molecule has 88 valence electrons. The lowest BCUT2D eigenvalue weighted by molar-refractivity contribution is 0.0926. The SMILES string of the molecule is CCC1COCCN1c1ncc(Br)cc1Cl. The van der Waals surface area contributed by atoms with Crippen LogP contribution in [0.4, 0.5) is 5.82 Å². The molecule has 0 aliphatic carbocycles. The third kappa shape index (κ3) is 2.50. The minimum Gasteiger partial charge on any atom is -0.377 e. The van der Waals surface area contributed by atoms with Gasteiger partial charge in [0.2, 0.25) is 0 Å². The lowest BCUT2D eigenvalue weighted by atomic mass is 10.2. The van der Waals surface area contributed by atoms with E-state index in [1.54, 1.807) is 6.20 Å². The number of nitrogens with zero attached hydrogens (tertiary/aromatic N) is 2. The molecule has 2 rings (SSSR count).